The van der Waals surface area contributed by atoms with Crippen LogP contribution in [-0.2, 0) is 28.9 Å². The normalized spacial score (nSPS) is 20.5. The molecular formula is C16H20ClN3O2. The Morgan fingerprint density at radius 3 is 2.91 bits per heavy atom. The van der Waals surface area contributed by atoms with Gasteiger partial charge in [0.2, 0.25) is 5.91 Å². The highest BCUT2D eigenvalue weighted by molar-refractivity contribution is 6.29. The molecular weight excluding hydrogens is 302 g/mol. The van der Waals surface area contributed by atoms with Gasteiger partial charge in [-0.1, -0.05) is 0 Å². The molecule has 1 aliphatic heterocycles. The van der Waals surface area contributed by atoms with Gasteiger partial charge in [0.1, 0.15) is 17.8 Å². The Morgan fingerprint density at radius 1 is 1.41 bits per heavy atom. The quantitative estimate of drug-likeness (QED) is 0.867. The Labute approximate surface area is 135 Å². The molecule has 1 aliphatic carbocycles. The van der Waals surface area contributed by atoms with Crippen LogP contribution >= 0.6 is 11.6 Å². The lowest BCUT2D eigenvalue weighted by Gasteiger charge is -2.19. The van der Waals surface area contributed by atoms with Crippen molar-refractivity contribution in [3.8, 4) is 6.07 Å². The van der Waals surface area contributed by atoms with Crippen LogP contribution < -0.4 is 5.32 Å². The number of alkyl halides is 1. The van der Waals surface area contributed by atoms with E-state index in [0.29, 0.717) is 17.9 Å². The molecule has 6 heteroatoms. The van der Waals surface area contributed by atoms with Gasteiger partial charge in [0.25, 0.3) is 0 Å². The molecule has 0 saturated carbocycles. The number of fused-ring (bicyclic) bond motifs is 1. The Hall–Kier alpha value is -1.51. The lowest BCUT2D eigenvalue weighted by Crippen LogP contribution is -2.22. The minimum atomic E-state index is -0.276. The summed E-state index contributed by atoms with van der Waals surface area (Å²) in [5, 5.41) is 12.4. The molecule has 1 aromatic heterocycles. The summed E-state index contributed by atoms with van der Waals surface area (Å²) in [7, 11) is 0. The summed E-state index contributed by atoms with van der Waals surface area (Å²) in [4.78, 5) is 11.8. The molecule has 5 nitrogen and oxygen atoms in total. The summed E-state index contributed by atoms with van der Waals surface area (Å²) in [5.41, 5.74) is 2.88. The first-order valence-electron chi connectivity index (χ1n) is 7.86. The average molecular weight is 322 g/mol. The smallest absolute Gasteiger partial charge is 0.240 e. The van der Waals surface area contributed by atoms with E-state index in [4.69, 9.17) is 16.3 Å². The number of aromatic nitrogens is 1. The third kappa shape index (κ3) is 2.86. The Kier molecular flexibility index (Phi) is 4.70. The number of nitrogens with zero attached hydrogens (tertiary/aromatic N) is 2. The Bertz CT molecular complexity index is 612. The van der Waals surface area contributed by atoms with Crippen molar-refractivity contribution in [1.82, 2.24) is 4.57 Å². The van der Waals surface area contributed by atoms with Gasteiger partial charge in [0, 0.05) is 12.3 Å². The van der Waals surface area contributed by atoms with Crippen molar-refractivity contribution in [2.24, 2.45) is 0 Å². The van der Waals surface area contributed by atoms with Crippen LogP contribution in [0.15, 0.2) is 0 Å². The molecule has 1 fully saturated rings. The predicted molar refractivity (Wildman–Crippen MR) is 84.1 cm³/mol. The minimum Gasteiger partial charge on any atom is -0.376 e. The van der Waals surface area contributed by atoms with Crippen LogP contribution in [0, 0.1) is 11.3 Å². The Morgan fingerprint density at radius 2 is 2.23 bits per heavy atom. The minimum absolute atomic E-state index is 0.110. The van der Waals surface area contributed by atoms with Gasteiger partial charge in [-0.15, -0.1) is 11.6 Å². The van der Waals surface area contributed by atoms with E-state index < -0.39 is 0 Å². The number of rotatable bonds is 4. The van der Waals surface area contributed by atoms with Gasteiger partial charge in [-0.25, -0.2) is 0 Å². The Balaban J connectivity index is 2.01. The molecule has 1 aromatic rings. The first-order valence-corrected chi connectivity index (χ1v) is 8.39. The third-order valence-electron chi connectivity index (χ3n) is 4.47. The van der Waals surface area contributed by atoms with Gasteiger partial charge in [0.05, 0.1) is 18.2 Å². The number of ether oxygens (including phenoxy) is 1. The van der Waals surface area contributed by atoms with Crippen LogP contribution in [-0.4, -0.2) is 29.1 Å². The van der Waals surface area contributed by atoms with Crippen molar-refractivity contribution in [3.63, 3.8) is 0 Å². The highest BCUT2D eigenvalue weighted by atomic mass is 35.5. The molecule has 0 bridgehead atoms. The molecule has 118 valence electrons. The standard InChI is InChI=1S/C16H20ClN3O2/c17-8-15(21)19-16-13(9-18)12-5-1-2-6-14(12)20(16)10-11-4-3-7-22-11/h11H,1-8,10H2,(H,19,21)/t11-/m0/s1. The molecule has 2 heterocycles. The van der Waals surface area contributed by atoms with Crippen molar-refractivity contribution >= 4 is 23.3 Å². The van der Waals surface area contributed by atoms with Crippen molar-refractivity contribution in [3.05, 3.63) is 16.8 Å². The second-order valence-corrected chi connectivity index (χ2v) is 6.16. The van der Waals surface area contributed by atoms with Crippen molar-refractivity contribution < 1.29 is 9.53 Å². The van der Waals surface area contributed by atoms with Crippen molar-refractivity contribution in [1.29, 1.82) is 5.26 Å². The van der Waals surface area contributed by atoms with Crippen LogP contribution in [0.1, 0.15) is 42.5 Å². The number of nitrogens with one attached hydrogen (secondary N) is 1. The monoisotopic (exact) mass is 321 g/mol. The fraction of sp³-hybridized carbons (Fsp3) is 0.625. The first-order chi connectivity index (χ1) is 10.7. The predicted octanol–water partition coefficient (Wildman–Crippen LogP) is 2.59. The first kappa shape index (κ1) is 15.4. The molecule has 3 rings (SSSR count). The number of hydrogen-bond donors (Lipinski definition) is 1. The summed E-state index contributed by atoms with van der Waals surface area (Å²) in [6.45, 7) is 1.49. The topological polar surface area (TPSA) is 67.1 Å². The van der Waals surface area contributed by atoms with E-state index in [1.165, 1.54) is 5.69 Å². The van der Waals surface area contributed by atoms with E-state index in [0.717, 1.165) is 50.7 Å². The maximum absolute atomic E-state index is 11.8. The van der Waals surface area contributed by atoms with Crippen LogP contribution in [0.2, 0.25) is 0 Å². The third-order valence-corrected chi connectivity index (χ3v) is 4.72. The number of carbonyl (C=O) groups excluding carboxylic acids is 1. The SMILES string of the molecule is N#Cc1c2c(n(C[C@@H]3CCCO3)c1NC(=O)CCl)CCCC2. The summed E-state index contributed by atoms with van der Waals surface area (Å²) in [6.07, 6.45) is 6.33. The van der Waals surface area contributed by atoms with E-state index >= 15 is 0 Å². The maximum Gasteiger partial charge on any atom is 0.240 e. The van der Waals surface area contributed by atoms with Gasteiger partial charge in [-0.05, 0) is 44.1 Å². The lowest BCUT2D eigenvalue weighted by molar-refractivity contribution is -0.114. The molecule has 2 aliphatic rings. The number of hydrogen-bond acceptors (Lipinski definition) is 3. The number of carbonyl (C=O) groups is 1. The van der Waals surface area contributed by atoms with Gasteiger partial charge < -0.3 is 14.6 Å². The highest BCUT2D eigenvalue weighted by Gasteiger charge is 2.28. The van der Waals surface area contributed by atoms with E-state index in [1.54, 1.807) is 0 Å². The van der Waals surface area contributed by atoms with Crippen molar-refractivity contribution in [2.75, 3.05) is 17.8 Å². The average Bonchev–Trinajstić information content (AvgIpc) is 3.15. The van der Waals surface area contributed by atoms with E-state index in [-0.39, 0.29) is 17.9 Å². The molecule has 1 amide bonds. The van der Waals surface area contributed by atoms with E-state index in [1.807, 2.05) is 0 Å². The lowest BCUT2D eigenvalue weighted by atomic mass is 9.95. The van der Waals surface area contributed by atoms with Gasteiger partial charge >= 0.3 is 0 Å². The molecule has 0 unspecified atom stereocenters. The summed E-state index contributed by atoms with van der Waals surface area (Å²) >= 11 is 5.62. The number of nitriles is 1. The van der Waals surface area contributed by atoms with Crippen molar-refractivity contribution in [2.45, 2.75) is 51.2 Å². The fourth-order valence-electron chi connectivity index (χ4n) is 3.48. The van der Waals surface area contributed by atoms with E-state index in [2.05, 4.69) is 16.0 Å². The van der Waals surface area contributed by atoms with Crippen LogP contribution in [0.25, 0.3) is 0 Å². The number of anilines is 1. The molecule has 0 radical (unpaired) electrons. The summed E-state index contributed by atoms with van der Waals surface area (Å²) < 4.78 is 7.83. The zero-order valence-corrected chi connectivity index (χ0v) is 13.3. The molecule has 0 aromatic carbocycles. The fourth-order valence-corrected chi connectivity index (χ4v) is 3.55. The van der Waals surface area contributed by atoms with Crippen LogP contribution in [0.5, 0.6) is 0 Å². The van der Waals surface area contributed by atoms with Crippen LogP contribution in [0.4, 0.5) is 5.82 Å². The molecule has 1 atom stereocenters. The van der Waals surface area contributed by atoms with Gasteiger partial charge in [0.15, 0.2) is 0 Å². The zero-order valence-electron chi connectivity index (χ0n) is 12.5. The second kappa shape index (κ2) is 6.72. The summed E-state index contributed by atoms with van der Waals surface area (Å²) in [5.74, 6) is 0.220. The summed E-state index contributed by atoms with van der Waals surface area (Å²) in [6, 6.07) is 2.28. The molecule has 0 spiro atoms. The zero-order chi connectivity index (χ0) is 15.5. The van der Waals surface area contributed by atoms with Gasteiger partial charge in [-0.2, -0.15) is 5.26 Å². The maximum atomic E-state index is 11.8. The van der Waals surface area contributed by atoms with Crippen LogP contribution in [0.3, 0.4) is 0 Å². The molecule has 1 saturated heterocycles. The largest absolute Gasteiger partial charge is 0.376 e. The number of halogens is 1. The molecule has 1 N–H and O–H groups in total. The number of amides is 1. The van der Waals surface area contributed by atoms with E-state index in [9.17, 15) is 10.1 Å². The molecule has 22 heavy (non-hydrogen) atoms. The highest BCUT2D eigenvalue weighted by Crippen LogP contribution is 2.34. The van der Waals surface area contributed by atoms with Gasteiger partial charge in [-0.3, -0.25) is 4.79 Å². The second-order valence-electron chi connectivity index (χ2n) is 5.90.